The van der Waals surface area contributed by atoms with Gasteiger partial charge in [-0.1, -0.05) is 12.2 Å². The van der Waals surface area contributed by atoms with Gasteiger partial charge in [-0.3, -0.25) is 14.4 Å². The number of aliphatic hydroxyl groups excluding tert-OH is 2. The van der Waals surface area contributed by atoms with Crippen molar-refractivity contribution in [3.05, 3.63) is 0 Å². The topological polar surface area (TPSA) is 176 Å². The highest BCUT2D eigenvalue weighted by Crippen LogP contribution is 2.17. The molecule has 0 saturated heterocycles. The minimum absolute atomic E-state index is 0.00587. The molecule has 1 amide bonds. The number of nitrogens with two attached hydrogens (primary N) is 2. The molecule has 0 radical (unpaired) electrons. The summed E-state index contributed by atoms with van der Waals surface area (Å²) in [5.41, 5.74) is 10.6. The fourth-order valence-corrected chi connectivity index (χ4v) is 2.66. The first-order chi connectivity index (χ1) is 11.6. The minimum atomic E-state index is -1.15. The molecule has 0 fully saturated rings. The molecule has 0 aliphatic carbocycles. The highest BCUT2D eigenvalue weighted by molar-refractivity contribution is 7.80. The van der Waals surface area contributed by atoms with E-state index in [0.29, 0.717) is 4.86 Å². The van der Waals surface area contributed by atoms with E-state index in [-0.39, 0.29) is 44.1 Å². The molecule has 0 spiro atoms. The van der Waals surface area contributed by atoms with E-state index in [4.69, 9.17) is 33.9 Å². The number of amides is 1. The number of thiocarbonyl (C=S) groups is 1. The Morgan fingerprint density at radius 1 is 1.20 bits per heavy atom. The van der Waals surface area contributed by atoms with E-state index in [1.54, 1.807) is 0 Å². The van der Waals surface area contributed by atoms with E-state index in [9.17, 15) is 19.5 Å². The van der Waals surface area contributed by atoms with Crippen LogP contribution in [0.5, 0.6) is 0 Å². The molecule has 0 aromatic carbocycles. The Bertz CT molecular complexity index is 486. The molecule has 0 aliphatic heterocycles. The molecule has 0 bridgehead atoms. The maximum atomic E-state index is 11.5. The second-order valence-corrected chi connectivity index (χ2v) is 6.63. The SMILES string of the molecule is CC(O)[C@H](CC(=S)C[C@H](CNCC(=O)[C@@H](N)CO)CC(N)=O)C(=O)O. The third-order valence-electron chi connectivity index (χ3n) is 3.70. The highest BCUT2D eigenvalue weighted by atomic mass is 32.1. The summed E-state index contributed by atoms with van der Waals surface area (Å²) in [6, 6.07) is -0.967. The van der Waals surface area contributed by atoms with Crippen LogP contribution in [0.1, 0.15) is 26.2 Å². The van der Waals surface area contributed by atoms with Gasteiger partial charge in [-0.15, -0.1) is 0 Å². The molecule has 144 valence electrons. The molecular weight excluding hydrogens is 350 g/mol. The van der Waals surface area contributed by atoms with Gasteiger partial charge in [0.25, 0.3) is 0 Å². The number of primary amides is 1. The van der Waals surface area contributed by atoms with Crippen molar-refractivity contribution in [2.75, 3.05) is 19.7 Å². The lowest BCUT2D eigenvalue weighted by atomic mass is 9.91. The van der Waals surface area contributed by atoms with Crippen molar-refractivity contribution in [3.63, 3.8) is 0 Å². The van der Waals surface area contributed by atoms with Gasteiger partial charge in [-0.25, -0.2) is 0 Å². The molecule has 0 heterocycles. The number of aliphatic carboxylic acids is 1. The van der Waals surface area contributed by atoms with E-state index >= 15 is 0 Å². The molecule has 10 heteroatoms. The summed E-state index contributed by atoms with van der Waals surface area (Å²) >= 11 is 5.19. The van der Waals surface area contributed by atoms with Crippen molar-refractivity contribution in [2.24, 2.45) is 23.3 Å². The van der Waals surface area contributed by atoms with Crippen LogP contribution in [-0.4, -0.2) is 69.7 Å². The van der Waals surface area contributed by atoms with Crippen molar-refractivity contribution in [1.29, 1.82) is 0 Å². The summed E-state index contributed by atoms with van der Waals surface area (Å²) in [5.74, 6) is -3.39. The molecule has 0 aliphatic rings. The largest absolute Gasteiger partial charge is 0.481 e. The van der Waals surface area contributed by atoms with Gasteiger partial charge in [-0.05, 0) is 37.1 Å². The summed E-state index contributed by atoms with van der Waals surface area (Å²) in [6.07, 6.45) is -0.783. The number of nitrogens with one attached hydrogen (secondary N) is 1. The predicted octanol–water partition coefficient (Wildman–Crippen LogP) is -1.81. The second kappa shape index (κ2) is 12.0. The third kappa shape index (κ3) is 10.2. The lowest BCUT2D eigenvalue weighted by molar-refractivity contribution is -0.144. The van der Waals surface area contributed by atoms with Gasteiger partial charge in [0.15, 0.2) is 5.78 Å². The normalized spacial score (nSPS) is 15.8. The lowest BCUT2D eigenvalue weighted by Gasteiger charge is -2.20. The van der Waals surface area contributed by atoms with Gasteiger partial charge in [0, 0.05) is 6.42 Å². The molecule has 0 rings (SSSR count). The fraction of sp³-hybridized carbons (Fsp3) is 0.733. The third-order valence-corrected chi connectivity index (χ3v) is 4.03. The van der Waals surface area contributed by atoms with Crippen LogP contribution in [0.4, 0.5) is 0 Å². The van der Waals surface area contributed by atoms with Gasteiger partial charge in [0.05, 0.1) is 31.2 Å². The van der Waals surface area contributed by atoms with Gasteiger partial charge in [-0.2, -0.15) is 0 Å². The smallest absolute Gasteiger partial charge is 0.309 e. The van der Waals surface area contributed by atoms with Crippen LogP contribution < -0.4 is 16.8 Å². The monoisotopic (exact) mass is 377 g/mol. The number of carboxylic acid groups (broad SMARTS) is 1. The first-order valence-corrected chi connectivity index (χ1v) is 8.30. The minimum Gasteiger partial charge on any atom is -0.481 e. The summed E-state index contributed by atoms with van der Waals surface area (Å²) in [4.78, 5) is 34.2. The molecular formula is C15H27N3O6S. The molecule has 1 unspecified atom stereocenters. The number of carboxylic acids is 1. The number of aliphatic hydroxyl groups is 2. The molecule has 9 nitrogen and oxygen atoms in total. The van der Waals surface area contributed by atoms with Gasteiger partial charge in [0.2, 0.25) is 5.91 Å². The number of Topliss-reactive ketones (excluding diaryl/α,β-unsaturated/α-hetero) is 1. The Hall–Kier alpha value is -1.46. The molecule has 0 aromatic rings. The summed E-state index contributed by atoms with van der Waals surface area (Å²) < 4.78 is 0. The summed E-state index contributed by atoms with van der Waals surface area (Å²) in [5, 5.41) is 30.2. The van der Waals surface area contributed by atoms with Crippen LogP contribution in [0.2, 0.25) is 0 Å². The van der Waals surface area contributed by atoms with E-state index < -0.39 is 36.5 Å². The number of carbonyl (C=O) groups is 3. The van der Waals surface area contributed by atoms with Crippen molar-refractivity contribution in [1.82, 2.24) is 5.32 Å². The number of rotatable bonds is 14. The van der Waals surface area contributed by atoms with E-state index in [0.717, 1.165) is 0 Å². The van der Waals surface area contributed by atoms with Crippen molar-refractivity contribution < 1.29 is 29.7 Å². The first kappa shape index (κ1) is 23.5. The molecule has 4 atom stereocenters. The fourth-order valence-electron chi connectivity index (χ4n) is 2.25. The van der Waals surface area contributed by atoms with Crippen molar-refractivity contribution in [2.45, 2.75) is 38.3 Å². The summed E-state index contributed by atoms with van der Waals surface area (Å²) in [7, 11) is 0. The molecule has 0 aromatic heterocycles. The highest BCUT2D eigenvalue weighted by Gasteiger charge is 2.26. The predicted molar refractivity (Wildman–Crippen MR) is 94.9 cm³/mol. The Labute approximate surface area is 151 Å². The maximum absolute atomic E-state index is 11.5. The zero-order valence-corrected chi connectivity index (χ0v) is 15.0. The van der Waals surface area contributed by atoms with Gasteiger partial charge in [0.1, 0.15) is 0 Å². The average Bonchev–Trinajstić information content (AvgIpc) is 2.50. The van der Waals surface area contributed by atoms with Crippen LogP contribution in [0.3, 0.4) is 0 Å². The summed E-state index contributed by atoms with van der Waals surface area (Å²) in [6.45, 7) is 1.10. The zero-order chi connectivity index (χ0) is 19.6. The van der Waals surface area contributed by atoms with E-state index in [1.807, 2.05) is 0 Å². The Balaban J connectivity index is 4.61. The van der Waals surface area contributed by atoms with E-state index in [2.05, 4.69) is 5.32 Å². The number of ketones is 1. The molecule has 8 N–H and O–H groups in total. The zero-order valence-electron chi connectivity index (χ0n) is 14.2. The Kier molecular flexibility index (Phi) is 11.3. The number of hydrogen-bond acceptors (Lipinski definition) is 8. The standard InChI is InChI=1S/C15H27N3O6S/c1-8(20)11(15(23)24)4-10(25)2-9(3-14(17)22)5-18-6-13(21)12(16)7-19/h8-9,11-12,18-20H,2-7,16H2,1H3,(H2,17,22)(H,23,24)/t8?,9-,11-,12-/m0/s1. The van der Waals surface area contributed by atoms with Gasteiger partial charge < -0.3 is 32.1 Å². The van der Waals surface area contributed by atoms with Crippen LogP contribution >= 0.6 is 12.2 Å². The second-order valence-electron chi connectivity index (χ2n) is 6.06. The van der Waals surface area contributed by atoms with Crippen LogP contribution in [0, 0.1) is 11.8 Å². The van der Waals surface area contributed by atoms with Crippen molar-refractivity contribution >= 4 is 34.7 Å². The van der Waals surface area contributed by atoms with E-state index in [1.165, 1.54) is 6.92 Å². The van der Waals surface area contributed by atoms with Crippen LogP contribution in [-0.2, 0) is 14.4 Å². The molecule has 25 heavy (non-hydrogen) atoms. The van der Waals surface area contributed by atoms with Gasteiger partial charge >= 0.3 is 5.97 Å². The van der Waals surface area contributed by atoms with Crippen molar-refractivity contribution in [3.8, 4) is 0 Å². The van der Waals surface area contributed by atoms with Crippen LogP contribution in [0.25, 0.3) is 0 Å². The Morgan fingerprint density at radius 3 is 2.24 bits per heavy atom. The average molecular weight is 377 g/mol. The Morgan fingerprint density at radius 2 is 1.80 bits per heavy atom. The maximum Gasteiger partial charge on any atom is 0.309 e. The first-order valence-electron chi connectivity index (χ1n) is 7.89. The molecule has 0 saturated carbocycles. The van der Waals surface area contributed by atoms with Crippen LogP contribution in [0.15, 0.2) is 0 Å². The number of hydrogen-bond donors (Lipinski definition) is 6. The number of carbonyl (C=O) groups excluding carboxylic acids is 2. The lowest BCUT2D eigenvalue weighted by Crippen LogP contribution is -2.41. The quantitative estimate of drug-likeness (QED) is 0.190.